The highest BCUT2D eigenvalue weighted by Gasteiger charge is 2.37. The van der Waals surface area contributed by atoms with Gasteiger partial charge in [-0.2, -0.15) is 4.37 Å². The molecule has 0 unspecified atom stereocenters. The van der Waals surface area contributed by atoms with E-state index >= 15 is 0 Å². The quantitative estimate of drug-likeness (QED) is 0.345. The first kappa shape index (κ1) is 25.2. The summed E-state index contributed by atoms with van der Waals surface area (Å²) in [7, 11) is 1.36. The van der Waals surface area contributed by atoms with Gasteiger partial charge in [-0.15, -0.1) is 0 Å². The number of methoxy groups -OCH3 is 1. The second kappa shape index (κ2) is 10.4. The second-order valence-electron chi connectivity index (χ2n) is 8.13. The zero-order valence-corrected chi connectivity index (χ0v) is 20.9. The van der Waals surface area contributed by atoms with E-state index in [2.05, 4.69) is 4.37 Å². The number of ether oxygens (including phenoxy) is 2. The number of allylic oxidation sites excluding steroid dienone is 4. The van der Waals surface area contributed by atoms with Crippen LogP contribution in [0.3, 0.4) is 0 Å². The molecular weight excluding hydrogens is 517 g/mol. The number of hydrogen-bond acceptors (Lipinski definition) is 9. The van der Waals surface area contributed by atoms with Crippen LogP contribution in [0.2, 0.25) is 9.36 Å². The molecule has 0 saturated carbocycles. The smallest absolute Gasteiger partial charge is 0.365 e. The molecule has 8 nitrogen and oxygen atoms in total. The molecule has 2 aliphatic rings. The van der Waals surface area contributed by atoms with Crippen LogP contribution < -0.4 is 9.47 Å². The van der Waals surface area contributed by atoms with Crippen LogP contribution in [0, 0.1) is 0 Å². The van der Waals surface area contributed by atoms with E-state index in [1.807, 2.05) is 0 Å². The molecule has 0 radical (unpaired) electrons. The molecule has 1 aromatic carbocycles. The van der Waals surface area contributed by atoms with Crippen molar-refractivity contribution in [1.29, 1.82) is 0 Å². The monoisotopic (exact) mass is 537 g/mol. The third kappa shape index (κ3) is 4.94. The Kier molecular flexibility index (Phi) is 7.49. The Morgan fingerprint density at radius 1 is 1.00 bits per heavy atom. The summed E-state index contributed by atoms with van der Waals surface area (Å²) in [4.78, 5) is 38.3. The Morgan fingerprint density at radius 3 is 2.09 bits per heavy atom. The minimum absolute atomic E-state index is 0.0197. The molecule has 0 aliphatic heterocycles. The lowest BCUT2D eigenvalue weighted by atomic mass is 9.74. The van der Waals surface area contributed by atoms with Crippen LogP contribution in [0.5, 0.6) is 11.5 Å². The van der Waals surface area contributed by atoms with Crippen LogP contribution in [-0.2, 0) is 9.59 Å². The molecule has 0 saturated heterocycles. The van der Waals surface area contributed by atoms with E-state index in [1.165, 1.54) is 19.2 Å². The molecule has 1 heterocycles. The average molecular weight is 538 g/mol. The fourth-order valence-electron chi connectivity index (χ4n) is 4.31. The number of aliphatic hydroxyl groups excluding tert-OH is 2. The van der Waals surface area contributed by atoms with Crippen LogP contribution in [0.15, 0.2) is 40.9 Å². The maximum atomic E-state index is 12.9. The highest BCUT2D eigenvalue weighted by molar-refractivity contribution is 7.11. The molecule has 4 rings (SSSR count). The van der Waals surface area contributed by atoms with Crippen LogP contribution in [0.1, 0.15) is 60.5 Å². The molecule has 0 bridgehead atoms. The van der Waals surface area contributed by atoms with Crippen molar-refractivity contribution in [2.45, 2.75) is 44.4 Å². The van der Waals surface area contributed by atoms with Gasteiger partial charge in [-0.3, -0.25) is 9.59 Å². The van der Waals surface area contributed by atoms with Crippen molar-refractivity contribution in [1.82, 2.24) is 4.37 Å². The Balaban J connectivity index is 1.78. The minimum Gasteiger partial charge on any atom is -0.512 e. The molecule has 0 atom stereocenters. The largest absolute Gasteiger partial charge is 0.512 e. The topological polar surface area (TPSA) is 123 Å². The molecule has 2 aliphatic carbocycles. The van der Waals surface area contributed by atoms with Crippen molar-refractivity contribution < 1.29 is 34.1 Å². The molecule has 0 spiro atoms. The van der Waals surface area contributed by atoms with Gasteiger partial charge in [0.1, 0.15) is 9.36 Å². The lowest BCUT2D eigenvalue weighted by Crippen LogP contribution is -2.25. The molecule has 1 aromatic heterocycles. The zero-order valence-electron chi connectivity index (χ0n) is 18.6. The summed E-state index contributed by atoms with van der Waals surface area (Å²) in [5, 5.41) is 21.3. The van der Waals surface area contributed by atoms with Gasteiger partial charge in [0.05, 0.1) is 18.6 Å². The van der Waals surface area contributed by atoms with Crippen molar-refractivity contribution in [3.05, 3.63) is 61.5 Å². The van der Waals surface area contributed by atoms with E-state index in [1.54, 1.807) is 6.07 Å². The van der Waals surface area contributed by atoms with Gasteiger partial charge in [-0.25, -0.2) is 4.79 Å². The predicted octanol–water partition coefficient (Wildman–Crippen LogP) is 5.89. The summed E-state index contributed by atoms with van der Waals surface area (Å²) in [6.07, 6.45) is 2.04. The van der Waals surface area contributed by atoms with Crippen LogP contribution >= 0.6 is 34.7 Å². The number of carbonyl (C=O) groups is 3. The summed E-state index contributed by atoms with van der Waals surface area (Å²) < 4.78 is 14.9. The summed E-state index contributed by atoms with van der Waals surface area (Å²) in [5.74, 6) is -2.44. The Bertz CT molecular complexity index is 1240. The normalized spacial score (nSPS) is 16.8. The van der Waals surface area contributed by atoms with Crippen molar-refractivity contribution in [2.75, 3.05) is 7.11 Å². The summed E-state index contributed by atoms with van der Waals surface area (Å²) in [6.45, 7) is 0. The number of aliphatic hydroxyl groups is 2. The van der Waals surface area contributed by atoms with Gasteiger partial charge in [0.15, 0.2) is 28.8 Å². The first-order valence-corrected chi connectivity index (χ1v) is 12.4. The number of benzene rings is 1. The molecule has 2 N–H and O–H groups in total. The zero-order chi connectivity index (χ0) is 25.3. The van der Waals surface area contributed by atoms with Gasteiger partial charge in [-0.05, 0) is 42.1 Å². The van der Waals surface area contributed by atoms with Crippen molar-refractivity contribution in [3.8, 4) is 11.5 Å². The number of ketones is 2. The standard InChI is InChI=1S/C24H21Cl2NO7S/c1-33-17-10-11(8-9-16(17)34-24(32)22-21(25)23(26)35-27-22)18(19-12(28)4-2-5-13(19)29)20-14(30)6-3-7-15(20)31/h8-10,18,28,30H,2-7H2,1H3. The third-order valence-corrected chi connectivity index (χ3v) is 7.56. The molecule has 184 valence electrons. The predicted molar refractivity (Wildman–Crippen MR) is 130 cm³/mol. The van der Waals surface area contributed by atoms with E-state index in [0.29, 0.717) is 31.2 Å². The van der Waals surface area contributed by atoms with Crippen molar-refractivity contribution in [2.24, 2.45) is 0 Å². The summed E-state index contributed by atoms with van der Waals surface area (Å²) in [5.41, 5.74) is 0.453. The summed E-state index contributed by atoms with van der Waals surface area (Å²) in [6, 6.07) is 4.50. The first-order chi connectivity index (χ1) is 16.7. The number of hydrogen-bond donors (Lipinski definition) is 2. The molecule has 35 heavy (non-hydrogen) atoms. The maximum Gasteiger partial charge on any atom is 0.365 e. The minimum atomic E-state index is -0.985. The Morgan fingerprint density at radius 2 is 1.60 bits per heavy atom. The number of rotatable bonds is 6. The van der Waals surface area contributed by atoms with Gasteiger partial charge in [0.2, 0.25) is 0 Å². The van der Waals surface area contributed by atoms with Crippen LogP contribution in [0.25, 0.3) is 0 Å². The lowest BCUT2D eigenvalue weighted by molar-refractivity contribution is -0.117. The van der Waals surface area contributed by atoms with E-state index in [0.717, 1.165) is 11.5 Å². The fourth-order valence-corrected chi connectivity index (χ4v) is 5.29. The third-order valence-electron chi connectivity index (χ3n) is 5.95. The van der Waals surface area contributed by atoms with Crippen molar-refractivity contribution in [3.63, 3.8) is 0 Å². The van der Waals surface area contributed by atoms with Gasteiger partial charge < -0.3 is 19.7 Å². The number of Topliss-reactive ketones (excluding diaryl/α,β-unsaturated/α-hetero) is 2. The molecule has 2 aromatic rings. The number of halogens is 2. The van der Waals surface area contributed by atoms with E-state index in [-0.39, 0.29) is 73.6 Å². The SMILES string of the molecule is COc1cc(C(C2=C(O)CCCC2=O)C2=C(O)CCCC2=O)ccc1OC(=O)c1nsc(Cl)c1Cl. The average Bonchev–Trinajstić information content (AvgIpc) is 3.16. The fraction of sp³-hybridized carbons (Fsp3) is 0.333. The number of aromatic nitrogens is 1. The van der Waals surface area contributed by atoms with Crippen LogP contribution in [-0.4, -0.2) is 39.2 Å². The maximum absolute atomic E-state index is 12.9. The van der Waals surface area contributed by atoms with Gasteiger partial charge in [0.25, 0.3) is 0 Å². The second-order valence-corrected chi connectivity index (χ2v) is 9.88. The van der Waals surface area contributed by atoms with Gasteiger partial charge >= 0.3 is 5.97 Å². The van der Waals surface area contributed by atoms with E-state index in [9.17, 15) is 24.6 Å². The highest BCUT2D eigenvalue weighted by atomic mass is 35.5. The molecular formula is C24H21Cl2NO7S. The number of nitrogens with zero attached hydrogens (tertiary/aromatic N) is 1. The van der Waals surface area contributed by atoms with E-state index < -0.39 is 11.9 Å². The Labute approximate surface area is 214 Å². The van der Waals surface area contributed by atoms with E-state index in [4.69, 9.17) is 32.7 Å². The highest BCUT2D eigenvalue weighted by Crippen LogP contribution is 2.44. The molecule has 0 fully saturated rings. The number of esters is 1. The summed E-state index contributed by atoms with van der Waals surface area (Å²) >= 11 is 12.7. The van der Waals surface area contributed by atoms with Crippen molar-refractivity contribution >= 4 is 52.3 Å². The lowest BCUT2D eigenvalue weighted by Gasteiger charge is -2.29. The van der Waals surface area contributed by atoms with Crippen LogP contribution in [0.4, 0.5) is 0 Å². The molecule has 0 amide bonds. The van der Waals surface area contributed by atoms with Gasteiger partial charge in [0, 0.05) is 42.7 Å². The van der Waals surface area contributed by atoms with Gasteiger partial charge in [-0.1, -0.05) is 29.3 Å². The Hall–Kier alpha value is -2.88. The molecule has 11 heteroatoms. The first-order valence-electron chi connectivity index (χ1n) is 10.8. The number of carbonyl (C=O) groups excluding carboxylic acids is 3.